The molecular weight excluding hydrogens is 297 g/mol. The first-order valence-corrected chi connectivity index (χ1v) is 6.31. The van der Waals surface area contributed by atoms with Crippen LogP contribution in [-0.2, 0) is 4.74 Å². The first-order chi connectivity index (χ1) is 10.4. The molecule has 0 fully saturated rings. The number of halogens is 3. The molecule has 0 aliphatic carbocycles. The van der Waals surface area contributed by atoms with Crippen LogP contribution in [0.5, 0.6) is 0 Å². The normalized spacial score (nSPS) is 12.5. The number of alkyl halides is 3. The van der Waals surface area contributed by atoms with Gasteiger partial charge in [-0.25, -0.2) is 4.79 Å². The number of rotatable bonds is 4. The van der Waals surface area contributed by atoms with E-state index < -0.39 is 24.0 Å². The van der Waals surface area contributed by atoms with Crippen LogP contribution in [-0.4, -0.2) is 24.0 Å². The number of carbonyl (C=O) groups is 2. The molecule has 2 aromatic rings. The fourth-order valence-corrected chi connectivity index (χ4v) is 1.77. The Kier molecular flexibility index (Phi) is 4.60. The predicted molar refractivity (Wildman–Crippen MR) is 72.5 cm³/mol. The average Bonchev–Trinajstić information content (AvgIpc) is 2.52. The summed E-state index contributed by atoms with van der Waals surface area (Å²) in [5.74, 6) is -2.51. The van der Waals surface area contributed by atoms with Gasteiger partial charge in [0.1, 0.15) is 0 Å². The van der Waals surface area contributed by atoms with E-state index in [2.05, 4.69) is 4.74 Å². The number of carbonyl (C=O) groups excluding carboxylic acids is 2. The summed E-state index contributed by atoms with van der Waals surface area (Å²) in [7, 11) is 0. The van der Waals surface area contributed by atoms with Crippen molar-refractivity contribution in [3.8, 4) is 0 Å². The van der Waals surface area contributed by atoms with Crippen molar-refractivity contribution in [3.63, 3.8) is 0 Å². The van der Waals surface area contributed by atoms with Gasteiger partial charge in [0.25, 0.3) is 6.10 Å². The molecule has 0 heterocycles. The zero-order chi connectivity index (χ0) is 16.2. The minimum atomic E-state index is -4.99. The molecule has 0 radical (unpaired) electrons. The monoisotopic (exact) mass is 308 g/mol. The molecule has 0 spiro atoms. The average molecular weight is 308 g/mol. The van der Waals surface area contributed by atoms with Gasteiger partial charge < -0.3 is 4.74 Å². The van der Waals surface area contributed by atoms with Crippen LogP contribution in [0.3, 0.4) is 0 Å². The molecule has 0 saturated heterocycles. The van der Waals surface area contributed by atoms with E-state index in [1.807, 2.05) is 0 Å². The lowest BCUT2D eigenvalue weighted by Gasteiger charge is -2.19. The van der Waals surface area contributed by atoms with Gasteiger partial charge in [-0.3, -0.25) is 4.79 Å². The van der Waals surface area contributed by atoms with Crippen LogP contribution in [0.25, 0.3) is 0 Å². The molecule has 0 saturated carbocycles. The number of ketones is 1. The molecule has 0 aliphatic rings. The highest BCUT2D eigenvalue weighted by molar-refractivity contribution is 6.02. The van der Waals surface area contributed by atoms with Gasteiger partial charge in [-0.15, -0.1) is 0 Å². The van der Waals surface area contributed by atoms with Gasteiger partial charge >= 0.3 is 12.1 Å². The fraction of sp³-hybridized carbons (Fsp3) is 0.125. The lowest BCUT2D eigenvalue weighted by Crippen LogP contribution is -2.40. The Bertz CT molecular complexity index is 651. The standard InChI is InChI=1S/C16H11F3O3/c17-16(18,19)14(13(20)11-7-3-1-4-8-11)22-15(21)12-9-5-2-6-10-12/h1-10,14H/t14-/m0/s1. The second kappa shape index (κ2) is 6.43. The Hall–Kier alpha value is -2.63. The van der Waals surface area contributed by atoms with E-state index in [0.29, 0.717) is 0 Å². The summed E-state index contributed by atoms with van der Waals surface area (Å²) >= 11 is 0. The molecule has 3 nitrogen and oxygen atoms in total. The number of Topliss-reactive ketones (excluding diaryl/α,β-unsaturated/α-hetero) is 1. The van der Waals surface area contributed by atoms with Gasteiger partial charge in [0, 0.05) is 5.56 Å². The van der Waals surface area contributed by atoms with Crippen molar-refractivity contribution in [1.29, 1.82) is 0 Å². The molecule has 0 aliphatic heterocycles. The summed E-state index contributed by atoms with van der Waals surface area (Å²) < 4.78 is 43.5. The van der Waals surface area contributed by atoms with E-state index in [1.54, 1.807) is 12.1 Å². The van der Waals surface area contributed by atoms with Crippen molar-refractivity contribution in [2.75, 3.05) is 0 Å². The van der Waals surface area contributed by atoms with Crippen molar-refractivity contribution in [3.05, 3.63) is 71.8 Å². The molecule has 0 bridgehead atoms. The van der Waals surface area contributed by atoms with Crippen molar-refractivity contribution in [2.24, 2.45) is 0 Å². The first-order valence-electron chi connectivity index (χ1n) is 6.31. The van der Waals surface area contributed by atoms with Gasteiger partial charge in [-0.2, -0.15) is 13.2 Å². The highest BCUT2D eigenvalue weighted by Gasteiger charge is 2.48. The number of hydrogen-bond acceptors (Lipinski definition) is 3. The number of ether oxygens (including phenoxy) is 1. The van der Waals surface area contributed by atoms with Crippen LogP contribution < -0.4 is 0 Å². The smallest absolute Gasteiger partial charge is 0.433 e. The van der Waals surface area contributed by atoms with E-state index in [0.717, 1.165) is 0 Å². The summed E-state index contributed by atoms with van der Waals surface area (Å²) in [5, 5.41) is 0. The molecule has 0 unspecified atom stereocenters. The summed E-state index contributed by atoms with van der Waals surface area (Å²) in [6, 6.07) is 14.1. The molecule has 0 N–H and O–H groups in total. The van der Waals surface area contributed by atoms with Crippen molar-refractivity contribution in [1.82, 2.24) is 0 Å². The molecule has 2 aromatic carbocycles. The van der Waals surface area contributed by atoms with Crippen LogP contribution in [0.15, 0.2) is 60.7 Å². The molecule has 114 valence electrons. The first kappa shape index (κ1) is 15.8. The zero-order valence-electron chi connectivity index (χ0n) is 11.2. The Morgan fingerprint density at radius 3 is 1.73 bits per heavy atom. The van der Waals surface area contributed by atoms with E-state index >= 15 is 0 Å². The lowest BCUT2D eigenvalue weighted by molar-refractivity contribution is -0.187. The van der Waals surface area contributed by atoms with Crippen LogP contribution >= 0.6 is 0 Å². The van der Waals surface area contributed by atoms with E-state index in [-0.39, 0.29) is 11.1 Å². The second-order valence-electron chi connectivity index (χ2n) is 4.42. The number of hydrogen-bond donors (Lipinski definition) is 0. The van der Waals surface area contributed by atoms with Gasteiger partial charge in [0.05, 0.1) is 5.56 Å². The van der Waals surface area contributed by atoms with Crippen LogP contribution in [0.1, 0.15) is 20.7 Å². The van der Waals surface area contributed by atoms with E-state index in [1.165, 1.54) is 48.5 Å². The molecule has 6 heteroatoms. The predicted octanol–water partition coefficient (Wildman–Crippen LogP) is 3.66. The van der Waals surface area contributed by atoms with Crippen LogP contribution in [0.2, 0.25) is 0 Å². The maximum absolute atomic E-state index is 13.0. The Labute approximate surface area is 124 Å². The third-order valence-corrected chi connectivity index (χ3v) is 2.83. The maximum Gasteiger partial charge on any atom is 0.433 e. The molecule has 0 amide bonds. The van der Waals surface area contributed by atoms with Crippen molar-refractivity contribution in [2.45, 2.75) is 12.3 Å². The van der Waals surface area contributed by atoms with E-state index in [9.17, 15) is 22.8 Å². The summed E-state index contributed by atoms with van der Waals surface area (Å²) in [4.78, 5) is 23.7. The van der Waals surface area contributed by atoms with Crippen LogP contribution in [0, 0.1) is 0 Å². The molecular formula is C16H11F3O3. The lowest BCUT2D eigenvalue weighted by atomic mass is 10.1. The highest BCUT2D eigenvalue weighted by atomic mass is 19.4. The maximum atomic E-state index is 13.0. The fourth-order valence-electron chi connectivity index (χ4n) is 1.77. The molecule has 1 atom stereocenters. The van der Waals surface area contributed by atoms with Gasteiger partial charge in [-0.05, 0) is 12.1 Å². The van der Waals surface area contributed by atoms with Crippen LogP contribution in [0.4, 0.5) is 13.2 Å². The summed E-state index contributed by atoms with van der Waals surface area (Å²) in [5.41, 5.74) is -0.233. The minimum absolute atomic E-state index is 0.0578. The molecule has 0 aromatic heterocycles. The van der Waals surface area contributed by atoms with Gasteiger partial charge in [-0.1, -0.05) is 48.5 Å². The Morgan fingerprint density at radius 1 is 0.818 bits per heavy atom. The van der Waals surface area contributed by atoms with Gasteiger partial charge in [0.2, 0.25) is 5.78 Å². The minimum Gasteiger partial charge on any atom is -0.441 e. The van der Waals surface area contributed by atoms with Gasteiger partial charge in [0.15, 0.2) is 0 Å². The number of esters is 1. The largest absolute Gasteiger partial charge is 0.441 e. The highest BCUT2D eigenvalue weighted by Crippen LogP contribution is 2.27. The van der Waals surface area contributed by atoms with Crippen molar-refractivity contribution >= 4 is 11.8 Å². The third-order valence-electron chi connectivity index (χ3n) is 2.83. The third kappa shape index (κ3) is 3.72. The summed E-state index contributed by atoms with van der Waals surface area (Å²) in [6.07, 6.45) is -7.82. The van der Waals surface area contributed by atoms with Crippen molar-refractivity contribution < 1.29 is 27.5 Å². The molecule has 2 rings (SSSR count). The quantitative estimate of drug-likeness (QED) is 0.639. The SMILES string of the molecule is O=C(O[C@@H](C(=O)c1ccccc1)C(F)(F)F)c1ccccc1. The zero-order valence-corrected chi connectivity index (χ0v) is 11.2. The molecule has 22 heavy (non-hydrogen) atoms. The summed E-state index contributed by atoms with van der Waals surface area (Å²) in [6.45, 7) is 0. The topological polar surface area (TPSA) is 43.4 Å². The Balaban J connectivity index is 2.25. The van der Waals surface area contributed by atoms with E-state index in [4.69, 9.17) is 0 Å². The number of benzene rings is 2. The Morgan fingerprint density at radius 2 is 1.27 bits per heavy atom. The second-order valence-corrected chi connectivity index (χ2v) is 4.42.